The van der Waals surface area contributed by atoms with Gasteiger partial charge < -0.3 is 19.1 Å². The summed E-state index contributed by atoms with van der Waals surface area (Å²) in [5.74, 6) is -0.165. The predicted octanol–water partition coefficient (Wildman–Crippen LogP) is 4.91. The van der Waals surface area contributed by atoms with Gasteiger partial charge in [0, 0.05) is 31.6 Å². The molecule has 0 unspecified atom stereocenters. The van der Waals surface area contributed by atoms with Crippen LogP contribution >= 0.6 is 11.8 Å². The van der Waals surface area contributed by atoms with Gasteiger partial charge in [-0.2, -0.15) is 13.2 Å². The van der Waals surface area contributed by atoms with Gasteiger partial charge in [-0.3, -0.25) is 4.79 Å². The van der Waals surface area contributed by atoms with E-state index in [0.717, 1.165) is 0 Å². The molecule has 0 bridgehead atoms. The van der Waals surface area contributed by atoms with Gasteiger partial charge in [0.15, 0.2) is 14.6 Å². The van der Waals surface area contributed by atoms with E-state index in [0.29, 0.717) is 37.7 Å². The maximum Gasteiger partial charge on any atom is 0.446 e. The van der Waals surface area contributed by atoms with E-state index in [-0.39, 0.29) is 41.0 Å². The molecule has 7 nitrogen and oxygen atoms in total. The van der Waals surface area contributed by atoms with E-state index in [1.165, 1.54) is 48.5 Å². The quantitative estimate of drug-likeness (QED) is 0.307. The Morgan fingerprint density at radius 2 is 1.58 bits per heavy atom. The fourth-order valence-corrected chi connectivity index (χ4v) is 6.44. The fourth-order valence-electron chi connectivity index (χ4n) is 3.96. The zero-order valence-electron chi connectivity index (χ0n) is 19.9. The van der Waals surface area contributed by atoms with Crippen molar-refractivity contribution < 1.29 is 40.6 Å². The number of rotatable bonds is 10. The monoisotopic (exact) mass is 547 g/mol. The van der Waals surface area contributed by atoms with E-state index in [1.807, 2.05) is 4.90 Å². The molecule has 0 N–H and O–H groups in total. The number of hydrogen-bond donors (Lipinski definition) is 0. The first-order chi connectivity index (χ1) is 17.0. The van der Waals surface area contributed by atoms with E-state index < -0.39 is 26.1 Å². The molecule has 2 aromatic rings. The Balaban J connectivity index is 1.77. The van der Waals surface area contributed by atoms with Crippen LogP contribution in [0.2, 0.25) is 0 Å². The highest BCUT2D eigenvalue weighted by molar-refractivity contribution is 8.00. The standard InChI is InChI=1S/C24H28F3NO6S2/c1-3-33-22(29)23(12-14-28(15-13-23)16-17-32-2)36(30,31)21-10-6-19(7-11-21)34-18-4-8-20(9-5-18)35-24(25,26)27/h4-11H,3,12-17H2,1-2H3. The second kappa shape index (κ2) is 11.8. The minimum atomic E-state index is -4.38. The summed E-state index contributed by atoms with van der Waals surface area (Å²) in [5.41, 5.74) is -4.38. The van der Waals surface area contributed by atoms with E-state index in [2.05, 4.69) is 0 Å². The molecule has 0 aromatic heterocycles. The van der Waals surface area contributed by atoms with Crippen LogP contribution in [0.4, 0.5) is 13.2 Å². The van der Waals surface area contributed by atoms with Crippen LogP contribution in [0, 0.1) is 0 Å². The molecular weight excluding hydrogens is 519 g/mol. The summed E-state index contributed by atoms with van der Waals surface area (Å²) in [7, 11) is -2.51. The van der Waals surface area contributed by atoms with Crippen LogP contribution in [-0.2, 0) is 24.1 Å². The first-order valence-electron chi connectivity index (χ1n) is 11.3. The average Bonchev–Trinajstić information content (AvgIpc) is 2.84. The summed E-state index contributed by atoms with van der Waals surface area (Å²) in [6.07, 6.45) is 0.191. The lowest BCUT2D eigenvalue weighted by Crippen LogP contribution is -2.55. The van der Waals surface area contributed by atoms with E-state index in [9.17, 15) is 26.4 Å². The second-order valence-corrected chi connectivity index (χ2v) is 11.5. The zero-order chi connectivity index (χ0) is 26.4. The smallest absolute Gasteiger partial charge is 0.446 e. The lowest BCUT2D eigenvalue weighted by Gasteiger charge is -2.39. The molecule has 0 radical (unpaired) electrons. The van der Waals surface area contributed by atoms with Crippen LogP contribution in [0.1, 0.15) is 19.8 Å². The molecule has 1 aliphatic rings. The number of methoxy groups -OCH3 is 1. The van der Waals surface area contributed by atoms with Crippen LogP contribution in [0.5, 0.6) is 11.5 Å². The molecule has 0 aliphatic carbocycles. The Morgan fingerprint density at radius 1 is 1.03 bits per heavy atom. The SMILES string of the molecule is CCOC(=O)C1(S(=O)(=O)c2ccc(Oc3ccc(SC(F)(F)F)cc3)cc2)CCN(CCOC)CC1. The van der Waals surface area contributed by atoms with Gasteiger partial charge in [0.05, 0.1) is 18.1 Å². The van der Waals surface area contributed by atoms with Gasteiger partial charge in [0.25, 0.3) is 0 Å². The number of likely N-dealkylation sites (tertiary alicyclic amines) is 1. The van der Waals surface area contributed by atoms with Crippen molar-refractivity contribution in [2.45, 2.75) is 39.8 Å². The molecule has 2 aromatic carbocycles. The van der Waals surface area contributed by atoms with Gasteiger partial charge in [-0.1, -0.05) is 0 Å². The molecule has 0 amide bonds. The molecular formula is C24H28F3NO6S2. The Morgan fingerprint density at radius 3 is 2.08 bits per heavy atom. The molecule has 3 rings (SSSR count). The van der Waals surface area contributed by atoms with Gasteiger partial charge in [-0.15, -0.1) is 0 Å². The van der Waals surface area contributed by atoms with Crippen LogP contribution in [0.15, 0.2) is 58.3 Å². The van der Waals surface area contributed by atoms with Gasteiger partial charge in [0.1, 0.15) is 11.5 Å². The molecule has 198 valence electrons. The fraction of sp³-hybridized carbons (Fsp3) is 0.458. The molecule has 0 spiro atoms. The number of alkyl halides is 3. The zero-order valence-corrected chi connectivity index (χ0v) is 21.5. The summed E-state index contributed by atoms with van der Waals surface area (Å²) in [4.78, 5) is 15.0. The Kier molecular flexibility index (Phi) is 9.31. The van der Waals surface area contributed by atoms with Gasteiger partial charge in [0.2, 0.25) is 0 Å². The van der Waals surface area contributed by atoms with Crippen molar-refractivity contribution in [3.05, 3.63) is 48.5 Å². The van der Waals surface area contributed by atoms with Gasteiger partial charge >= 0.3 is 11.5 Å². The number of halogens is 3. The van der Waals surface area contributed by atoms with Gasteiger partial charge in [-0.25, -0.2) is 8.42 Å². The highest BCUT2D eigenvalue weighted by Crippen LogP contribution is 2.39. The molecule has 1 aliphatic heterocycles. The molecule has 1 heterocycles. The largest absolute Gasteiger partial charge is 0.465 e. The number of ether oxygens (including phenoxy) is 3. The third-order valence-electron chi connectivity index (χ3n) is 5.86. The van der Waals surface area contributed by atoms with E-state index in [1.54, 1.807) is 14.0 Å². The number of nitrogens with zero attached hydrogens (tertiary/aromatic N) is 1. The number of carbonyl (C=O) groups excluding carboxylic acids is 1. The summed E-state index contributed by atoms with van der Waals surface area (Å²) < 4.78 is 79.1. The number of hydrogen-bond acceptors (Lipinski definition) is 8. The topological polar surface area (TPSA) is 82.1 Å². The van der Waals surface area contributed by atoms with Crippen LogP contribution in [0.3, 0.4) is 0 Å². The first-order valence-corrected chi connectivity index (χ1v) is 13.6. The maximum atomic E-state index is 13.7. The lowest BCUT2D eigenvalue weighted by atomic mass is 9.95. The minimum Gasteiger partial charge on any atom is -0.465 e. The van der Waals surface area contributed by atoms with E-state index >= 15 is 0 Å². The van der Waals surface area contributed by atoms with Crippen molar-refractivity contribution in [1.29, 1.82) is 0 Å². The molecule has 36 heavy (non-hydrogen) atoms. The average molecular weight is 548 g/mol. The van der Waals surface area contributed by atoms with Gasteiger partial charge in [-0.05, 0) is 80.1 Å². The summed E-state index contributed by atoms with van der Waals surface area (Å²) in [6.45, 7) is 3.65. The van der Waals surface area contributed by atoms with Crippen molar-refractivity contribution >= 4 is 27.6 Å². The summed E-state index contributed by atoms with van der Waals surface area (Å²) in [5, 5.41) is 0. The second-order valence-electron chi connectivity index (χ2n) is 8.15. The predicted molar refractivity (Wildman–Crippen MR) is 129 cm³/mol. The summed E-state index contributed by atoms with van der Waals surface area (Å²) >= 11 is -0.226. The van der Waals surface area contributed by atoms with Crippen molar-refractivity contribution in [3.8, 4) is 11.5 Å². The Hall–Kier alpha value is -2.28. The summed E-state index contributed by atoms with van der Waals surface area (Å²) in [6, 6.07) is 11.0. The molecule has 1 fully saturated rings. The van der Waals surface area contributed by atoms with Crippen LogP contribution < -0.4 is 4.74 Å². The normalized spacial score (nSPS) is 16.5. The molecule has 0 saturated carbocycles. The molecule has 12 heteroatoms. The Bertz CT molecular complexity index is 1110. The highest BCUT2D eigenvalue weighted by Gasteiger charge is 2.54. The lowest BCUT2D eigenvalue weighted by molar-refractivity contribution is -0.147. The Labute approximate surface area is 212 Å². The number of thioether (sulfide) groups is 1. The first kappa shape index (κ1) is 28.3. The van der Waals surface area contributed by atoms with Crippen LogP contribution in [0.25, 0.3) is 0 Å². The van der Waals surface area contributed by atoms with Crippen molar-refractivity contribution in [2.24, 2.45) is 0 Å². The van der Waals surface area contributed by atoms with Crippen molar-refractivity contribution in [1.82, 2.24) is 4.90 Å². The highest BCUT2D eigenvalue weighted by atomic mass is 32.2. The number of esters is 1. The number of sulfone groups is 1. The number of piperidine rings is 1. The van der Waals surface area contributed by atoms with Crippen molar-refractivity contribution in [3.63, 3.8) is 0 Å². The number of benzene rings is 2. The van der Waals surface area contributed by atoms with Crippen LogP contribution in [-0.4, -0.2) is 69.5 Å². The maximum absolute atomic E-state index is 13.7. The third kappa shape index (κ3) is 6.72. The third-order valence-corrected chi connectivity index (χ3v) is 9.10. The number of carbonyl (C=O) groups is 1. The molecule has 0 atom stereocenters. The minimum absolute atomic E-state index is 0.0221. The molecule has 1 saturated heterocycles. The van der Waals surface area contributed by atoms with E-state index in [4.69, 9.17) is 14.2 Å². The van der Waals surface area contributed by atoms with Crippen molar-refractivity contribution in [2.75, 3.05) is 40.0 Å².